The molecule has 6 heteroatoms. The molecule has 0 radical (unpaired) electrons. The van der Waals surface area contributed by atoms with Gasteiger partial charge in [-0.2, -0.15) is 0 Å². The monoisotopic (exact) mass is 239 g/mol. The van der Waals surface area contributed by atoms with Gasteiger partial charge in [0.2, 0.25) is 0 Å². The highest BCUT2D eigenvalue weighted by Crippen LogP contribution is 2.32. The topological polar surface area (TPSA) is 93.0 Å². The summed E-state index contributed by atoms with van der Waals surface area (Å²) < 4.78 is 0. The summed E-state index contributed by atoms with van der Waals surface area (Å²) >= 11 is 1.36. The number of amidine groups is 1. The van der Waals surface area contributed by atoms with Gasteiger partial charge in [0.05, 0.1) is 15.7 Å². The van der Waals surface area contributed by atoms with E-state index in [1.54, 1.807) is 18.2 Å². The Morgan fingerprint density at radius 3 is 2.81 bits per heavy atom. The zero-order chi connectivity index (χ0) is 12.1. The number of rotatable bonds is 5. The summed E-state index contributed by atoms with van der Waals surface area (Å²) in [5.41, 5.74) is 5.38. The van der Waals surface area contributed by atoms with E-state index < -0.39 is 4.92 Å². The largest absolute Gasteiger partial charge is 0.388 e. The Kier molecular flexibility index (Phi) is 4.30. The molecule has 1 aromatic rings. The first-order chi connectivity index (χ1) is 7.50. The Morgan fingerprint density at radius 1 is 1.62 bits per heavy atom. The van der Waals surface area contributed by atoms with Crippen molar-refractivity contribution >= 4 is 23.3 Å². The second-order valence-corrected chi connectivity index (χ2v) is 4.86. The van der Waals surface area contributed by atoms with E-state index in [4.69, 9.17) is 11.1 Å². The van der Waals surface area contributed by atoms with Crippen LogP contribution >= 0.6 is 11.8 Å². The summed E-state index contributed by atoms with van der Waals surface area (Å²) in [6, 6.07) is 6.58. The van der Waals surface area contributed by atoms with E-state index in [2.05, 4.69) is 0 Å². The molecule has 0 heterocycles. The van der Waals surface area contributed by atoms with Crippen molar-refractivity contribution in [1.29, 1.82) is 5.41 Å². The van der Waals surface area contributed by atoms with Crippen molar-refractivity contribution in [1.82, 2.24) is 0 Å². The highest BCUT2D eigenvalue weighted by atomic mass is 32.2. The molecule has 86 valence electrons. The zero-order valence-electron chi connectivity index (χ0n) is 8.84. The Balaban J connectivity index is 2.80. The lowest BCUT2D eigenvalue weighted by Crippen LogP contribution is -2.14. The Morgan fingerprint density at radius 2 is 2.25 bits per heavy atom. The number of nitrogens with two attached hydrogens (primary N) is 1. The highest BCUT2D eigenvalue weighted by Gasteiger charge is 2.15. The highest BCUT2D eigenvalue weighted by molar-refractivity contribution is 8.00. The van der Waals surface area contributed by atoms with Gasteiger partial charge in [0.1, 0.15) is 0 Å². The van der Waals surface area contributed by atoms with Gasteiger partial charge in [0, 0.05) is 17.7 Å². The molecule has 1 atom stereocenters. The average molecular weight is 239 g/mol. The van der Waals surface area contributed by atoms with Crippen molar-refractivity contribution in [3.63, 3.8) is 0 Å². The predicted octanol–water partition coefficient (Wildman–Crippen LogP) is 2.40. The minimum absolute atomic E-state index is 0.0543. The van der Waals surface area contributed by atoms with Gasteiger partial charge < -0.3 is 5.73 Å². The molecule has 1 aromatic carbocycles. The van der Waals surface area contributed by atoms with Crippen LogP contribution in [0.4, 0.5) is 5.69 Å². The van der Waals surface area contributed by atoms with Crippen molar-refractivity contribution in [2.75, 3.05) is 0 Å². The van der Waals surface area contributed by atoms with Crippen molar-refractivity contribution in [2.24, 2.45) is 5.73 Å². The molecular weight excluding hydrogens is 226 g/mol. The van der Waals surface area contributed by atoms with Crippen LogP contribution in [0.15, 0.2) is 29.2 Å². The molecule has 0 aliphatic heterocycles. The molecule has 0 bridgehead atoms. The lowest BCUT2D eigenvalue weighted by molar-refractivity contribution is -0.387. The zero-order valence-corrected chi connectivity index (χ0v) is 9.66. The summed E-state index contributed by atoms with van der Waals surface area (Å²) in [6.07, 6.45) is 0.427. The van der Waals surface area contributed by atoms with Crippen LogP contribution in [0.2, 0.25) is 0 Å². The minimum atomic E-state index is -0.400. The van der Waals surface area contributed by atoms with Gasteiger partial charge in [0.15, 0.2) is 0 Å². The summed E-state index contributed by atoms with van der Waals surface area (Å²) in [5.74, 6) is 0.0959. The lowest BCUT2D eigenvalue weighted by Gasteiger charge is -2.09. The van der Waals surface area contributed by atoms with E-state index in [0.29, 0.717) is 11.3 Å². The number of nitrogens with one attached hydrogen (secondary N) is 1. The van der Waals surface area contributed by atoms with Crippen molar-refractivity contribution < 1.29 is 4.92 Å². The molecule has 0 saturated carbocycles. The van der Waals surface area contributed by atoms with Crippen LogP contribution in [0.1, 0.15) is 13.3 Å². The van der Waals surface area contributed by atoms with Crippen LogP contribution in [0.5, 0.6) is 0 Å². The minimum Gasteiger partial charge on any atom is -0.388 e. The number of hydrogen-bond acceptors (Lipinski definition) is 4. The first kappa shape index (κ1) is 12.5. The van der Waals surface area contributed by atoms with E-state index in [9.17, 15) is 10.1 Å². The van der Waals surface area contributed by atoms with Crippen molar-refractivity contribution in [3.05, 3.63) is 34.4 Å². The molecule has 3 N–H and O–H groups in total. The second kappa shape index (κ2) is 5.50. The van der Waals surface area contributed by atoms with Gasteiger partial charge in [-0.25, -0.2) is 0 Å². The first-order valence-electron chi connectivity index (χ1n) is 4.73. The third-order valence-electron chi connectivity index (χ3n) is 1.90. The molecule has 0 spiro atoms. The summed E-state index contributed by atoms with van der Waals surface area (Å²) in [7, 11) is 0. The molecule has 5 nitrogen and oxygen atoms in total. The molecule has 1 unspecified atom stereocenters. The molecule has 16 heavy (non-hydrogen) atoms. The van der Waals surface area contributed by atoms with Gasteiger partial charge in [-0.05, 0) is 6.07 Å². The van der Waals surface area contributed by atoms with Crippen LogP contribution in [0.3, 0.4) is 0 Å². The number of para-hydroxylation sites is 1. The number of thioether (sulfide) groups is 1. The second-order valence-electron chi connectivity index (χ2n) is 3.38. The standard InChI is InChI=1S/C10H13N3O2S/c1-7(6-10(11)12)16-9-5-3-2-4-8(9)13(14)15/h2-5,7H,6H2,1H3,(H3,11,12). The van der Waals surface area contributed by atoms with E-state index in [1.165, 1.54) is 17.8 Å². The van der Waals surface area contributed by atoms with Crippen LogP contribution in [0, 0.1) is 15.5 Å². The lowest BCUT2D eigenvalue weighted by atomic mass is 10.3. The maximum atomic E-state index is 10.8. The number of benzene rings is 1. The fourth-order valence-corrected chi connectivity index (χ4v) is 2.39. The maximum absolute atomic E-state index is 10.8. The number of nitro benzene ring substituents is 1. The smallest absolute Gasteiger partial charge is 0.282 e. The van der Waals surface area contributed by atoms with E-state index >= 15 is 0 Å². The third-order valence-corrected chi connectivity index (χ3v) is 3.07. The fraction of sp³-hybridized carbons (Fsp3) is 0.300. The average Bonchev–Trinajstić information content (AvgIpc) is 2.16. The first-order valence-corrected chi connectivity index (χ1v) is 5.61. The van der Waals surface area contributed by atoms with Crippen molar-refractivity contribution in [3.8, 4) is 0 Å². The molecule has 0 saturated heterocycles. The Bertz CT molecular complexity index is 409. The molecule has 0 amide bonds. The van der Waals surface area contributed by atoms with Crippen LogP contribution < -0.4 is 5.73 Å². The van der Waals surface area contributed by atoms with Crippen molar-refractivity contribution in [2.45, 2.75) is 23.5 Å². The fourth-order valence-electron chi connectivity index (χ4n) is 1.28. The summed E-state index contributed by atoms with van der Waals surface area (Å²) in [4.78, 5) is 11.0. The molecule has 0 aromatic heterocycles. The number of nitro groups is 1. The van der Waals surface area contributed by atoms with Crippen LogP contribution in [-0.2, 0) is 0 Å². The number of hydrogen-bond donors (Lipinski definition) is 2. The quantitative estimate of drug-likeness (QED) is 0.271. The SMILES string of the molecule is CC(CC(=N)N)Sc1ccccc1[N+](=O)[O-]. The van der Waals surface area contributed by atoms with Gasteiger partial charge in [0.25, 0.3) is 5.69 Å². The third kappa shape index (κ3) is 3.54. The molecular formula is C10H13N3O2S. The van der Waals surface area contributed by atoms with Gasteiger partial charge in [-0.1, -0.05) is 19.1 Å². The summed E-state index contributed by atoms with van der Waals surface area (Å²) in [6.45, 7) is 1.89. The van der Waals surface area contributed by atoms with Gasteiger partial charge in [-0.3, -0.25) is 15.5 Å². The van der Waals surface area contributed by atoms with E-state index in [0.717, 1.165) is 0 Å². The summed E-state index contributed by atoms with van der Waals surface area (Å²) in [5, 5.41) is 18.0. The molecule has 0 aliphatic carbocycles. The maximum Gasteiger partial charge on any atom is 0.282 e. The predicted molar refractivity (Wildman–Crippen MR) is 64.9 cm³/mol. The molecule has 1 rings (SSSR count). The number of nitrogens with zero attached hydrogens (tertiary/aromatic N) is 1. The van der Waals surface area contributed by atoms with E-state index in [-0.39, 0.29) is 16.8 Å². The van der Waals surface area contributed by atoms with Gasteiger partial charge in [-0.15, -0.1) is 11.8 Å². The van der Waals surface area contributed by atoms with E-state index in [1.807, 2.05) is 6.92 Å². The Hall–Kier alpha value is -1.56. The molecule has 0 fully saturated rings. The Labute approximate surface area is 97.7 Å². The van der Waals surface area contributed by atoms with Crippen LogP contribution in [0.25, 0.3) is 0 Å². The molecule has 0 aliphatic rings. The van der Waals surface area contributed by atoms with Gasteiger partial charge >= 0.3 is 0 Å². The van der Waals surface area contributed by atoms with Crippen LogP contribution in [-0.4, -0.2) is 16.0 Å². The normalized spacial score (nSPS) is 12.1.